The number of hydrogen-bond donors (Lipinski definition) is 2. The molecular formula is C31H28N2O5S2. The van der Waals surface area contributed by atoms with Gasteiger partial charge in [-0.1, -0.05) is 97.1 Å². The Morgan fingerprint density at radius 1 is 0.600 bits per heavy atom. The van der Waals surface area contributed by atoms with Crippen molar-refractivity contribution in [2.45, 2.75) is 37.8 Å². The fourth-order valence-electron chi connectivity index (χ4n) is 6.30. The van der Waals surface area contributed by atoms with Crippen LogP contribution in [0.25, 0.3) is 0 Å². The molecule has 4 aromatic rings. The van der Waals surface area contributed by atoms with E-state index < -0.39 is 53.6 Å². The summed E-state index contributed by atoms with van der Waals surface area (Å²) in [7, 11) is -8.68. The third kappa shape index (κ3) is 4.08. The van der Waals surface area contributed by atoms with E-state index in [9.17, 15) is 21.6 Å². The number of hydrogen-bond acceptors (Lipinski definition) is 6. The highest BCUT2D eigenvalue weighted by atomic mass is 32.2. The van der Waals surface area contributed by atoms with Crippen molar-refractivity contribution >= 4 is 25.6 Å². The molecule has 204 valence electrons. The monoisotopic (exact) mass is 572 g/mol. The second kappa shape index (κ2) is 9.99. The van der Waals surface area contributed by atoms with Gasteiger partial charge in [0.1, 0.15) is 16.0 Å². The van der Waals surface area contributed by atoms with E-state index in [0.717, 1.165) is 5.56 Å². The number of rotatable bonds is 6. The third-order valence-electron chi connectivity index (χ3n) is 8.06. The fraction of sp³-hybridized carbons (Fsp3) is 0.194. The summed E-state index contributed by atoms with van der Waals surface area (Å²) in [5.74, 6) is -1.18. The zero-order valence-electron chi connectivity index (χ0n) is 21.4. The predicted octanol–water partition coefficient (Wildman–Crippen LogP) is 3.67. The molecule has 0 bridgehead atoms. The van der Waals surface area contributed by atoms with Crippen LogP contribution in [0.4, 0.5) is 0 Å². The van der Waals surface area contributed by atoms with Crippen LogP contribution in [0.1, 0.15) is 23.1 Å². The lowest BCUT2D eigenvalue weighted by atomic mass is 9.80. The zero-order chi connectivity index (χ0) is 28.0. The topological polar surface area (TPSA) is 109 Å². The predicted molar refractivity (Wildman–Crippen MR) is 152 cm³/mol. The van der Waals surface area contributed by atoms with Gasteiger partial charge in [-0.3, -0.25) is 10.1 Å². The zero-order valence-corrected chi connectivity index (χ0v) is 23.1. The molecule has 5 atom stereocenters. The van der Waals surface area contributed by atoms with Crippen LogP contribution in [0.2, 0.25) is 0 Å². The summed E-state index contributed by atoms with van der Waals surface area (Å²) in [5, 5.41) is 3.10. The first-order valence-electron chi connectivity index (χ1n) is 13.0. The molecule has 0 radical (unpaired) electrons. The lowest BCUT2D eigenvalue weighted by molar-refractivity contribution is -0.124. The van der Waals surface area contributed by atoms with Gasteiger partial charge in [-0.25, -0.2) is 16.8 Å². The van der Waals surface area contributed by atoms with Crippen molar-refractivity contribution < 1.29 is 21.6 Å². The van der Waals surface area contributed by atoms with Crippen LogP contribution in [0.5, 0.6) is 0 Å². The maximum absolute atomic E-state index is 14.7. The van der Waals surface area contributed by atoms with E-state index >= 15 is 0 Å². The number of benzene rings is 4. The van der Waals surface area contributed by atoms with Gasteiger partial charge in [-0.05, 0) is 35.4 Å². The van der Waals surface area contributed by atoms with Gasteiger partial charge in [0, 0.05) is 12.5 Å². The van der Waals surface area contributed by atoms with Crippen LogP contribution < -0.4 is 10.6 Å². The van der Waals surface area contributed by atoms with Crippen LogP contribution >= 0.6 is 0 Å². The van der Waals surface area contributed by atoms with Crippen LogP contribution in [0.3, 0.4) is 0 Å². The highest BCUT2D eigenvalue weighted by Gasteiger charge is 2.71. The minimum Gasteiger partial charge on any atom is -0.354 e. The van der Waals surface area contributed by atoms with Crippen molar-refractivity contribution in [3.8, 4) is 0 Å². The van der Waals surface area contributed by atoms with Gasteiger partial charge < -0.3 is 5.32 Å². The minimum atomic E-state index is -4.39. The van der Waals surface area contributed by atoms with Crippen LogP contribution in [-0.2, 0) is 24.5 Å². The molecule has 0 saturated carbocycles. The van der Waals surface area contributed by atoms with E-state index in [0.29, 0.717) is 5.56 Å². The molecule has 0 unspecified atom stereocenters. The van der Waals surface area contributed by atoms with Crippen molar-refractivity contribution in [3.05, 3.63) is 132 Å². The van der Waals surface area contributed by atoms with Crippen molar-refractivity contribution in [3.63, 3.8) is 0 Å². The maximum atomic E-state index is 14.7. The summed E-state index contributed by atoms with van der Waals surface area (Å²) in [6.07, 6.45) is 0. The van der Waals surface area contributed by atoms with E-state index in [2.05, 4.69) is 10.6 Å². The number of nitrogens with one attached hydrogen (secondary N) is 2. The van der Waals surface area contributed by atoms with Gasteiger partial charge in [-0.2, -0.15) is 0 Å². The van der Waals surface area contributed by atoms with Gasteiger partial charge in [0.05, 0.1) is 15.8 Å². The molecule has 0 aliphatic carbocycles. The SMILES string of the molecule is O=C1NC[C@@H](c2ccccc2)[C@@]12N[C@@H](c1ccccc1)[C@H](S(=O)(=O)c1ccccc1)[C@H]2S(=O)(=O)c1ccccc1. The maximum Gasteiger partial charge on any atom is 0.242 e. The van der Waals surface area contributed by atoms with E-state index in [1.807, 2.05) is 36.4 Å². The second-order valence-corrected chi connectivity index (χ2v) is 14.4. The number of sulfone groups is 2. The molecule has 2 saturated heterocycles. The molecule has 2 aliphatic heterocycles. The summed E-state index contributed by atoms with van der Waals surface area (Å²) in [4.78, 5) is 14.0. The Kier molecular flexibility index (Phi) is 6.60. The molecule has 1 spiro atoms. The Morgan fingerprint density at radius 2 is 1.05 bits per heavy atom. The lowest BCUT2D eigenvalue weighted by Gasteiger charge is -2.35. The fourth-order valence-corrected chi connectivity index (χ4v) is 11.3. The Bertz CT molecular complexity index is 1730. The highest BCUT2D eigenvalue weighted by Crippen LogP contribution is 2.51. The van der Waals surface area contributed by atoms with Crippen LogP contribution in [0.15, 0.2) is 131 Å². The molecular weight excluding hydrogens is 544 g/mol. The highest BCUT2D eigenvalue weighted by molar-refractivity contribution is 7.96. The molecule has 1 amide bonds. The summed E-state index contributed by atoms with van der Waals surface area (Å²) in [6.45, 7) is 0.163. The Balaban J connectivity index is 1.68. The van der Waals surface area contributed by atoms with Gasteiger partial charge in [0.15, 0.2) is 19.7 Å². The Morgan fingerprint density at radius 3 is 1.57 bits per heavy atom. The molecule has 2 aliphatic rings. The minimum absolute atomic E-state index is 0.00251. The van der Waals surface area contributed by atoms with E-state index in [-0.39, 0.29) is 16.3 Å². The summed E-state index contributed by atoms with van der Waals surface area (Å²) in [5.41, 5.74) is -0.432. The first kappa shape index (κ1) is 26.4. The van der Waals surface area contributed by atoms with E-state index in [1.165, 1.54) is 24.3 Å². The molecule has 2 heterocycles. The number of carbonyl (C=O) groups is 1. The first-order valence-corrected chi connectivity index (χ1v) is 16.1. The van der Waals surface area contributed by atoms with Crippen molar-refractivity contribution in [2.24, 2.45) is 0 Å². The molecule has 2 N–H and O–H groups in total. The van der Waals surface area contributed by atoms with E-state index in [1.54, 1.807) is 60.7 Å². The molecule has 2 fully saturated rings. The molecule has 9 heteroatoms. The first-order chi connectivity index (χ1) is 19.3. The largest absolute Gasteiger partial charge is 0.354 e. The third-order valence-corrected chi connectivity index (χ3v) is 12.7. The number of amides is 1. The molecule has 40 heavy (non-hydrogen) atoms. The Hall–Kier alpha value is -3.79. The molecule has 4 aromatic carbocycles. The quantitative estimate of drug-likeness (QED) is 0.365. The van der Waals surface area contributed by atoms with Crippen LogP contribution in [-0.4, -0.2) is 45.3 Å². The summed E-state index contributed by atoms with van der Waals surface area (Å²) >= 11 is 0. The van der Waals surface area contributed by atoms with Crippen molar-refractivity contribution in [2.75, 3.05) is 6.54 Å². The smallest absolute Gasteiger partial charge is 0.242 e. The molecule has 7 nitrogen and oxygen atoms in total. The van der Waals surface area contributed by atoms with Gasteiger partial charge in [0.2, 0.25) is 5.91 Å². The Labute approximate surface area is 234 Å². The average Bonchev–Trinajstić information content (AvgIpc) is 3.53. The van der Waals surface area contributed by atoms with Crippen molar-refractivity contribution in [1.29, 1.82) is 0 Å². The standard InChI is InChI=1S/C31H28N2O5S2/c34-30-31(26(21-32-30)22-13-5-1-6-14-22)29(40(37,38)25-19-11-4-12-20-25)28(27(33-31)23-15-7-2-8-16-23)39(35,36)24-17-9-3-10-18-24/h1-20,26-29,33H,21H2,(H,32,34)/t26-,27-,28-,29+,31-/m0/s1. The second-order valence-electron chi connectivity index (χ2n) is 10.2. The number of carbonyl (C=O) groups excluding carboxylic acids is 1. The summed E-state index contributed by atoms with van der Waals surface area (Å²) in [6, 6.07) is 32.8. The van der Waals surface area contributed by atoms with E-state index in [4.69, 9.17) is 0 Å². The van der Waals surface area contributed by atoms with Gasteiger partial charge in [0.25, 0.3) is 0 Å². The lowest BCUT2D eigenvalue weighted by Crippen LogP contribution is -2.60. The summed E-state index contributed by atoms with van der Waals surface area (Å²) < 4.78 is 58.5. The van der Waals surface area contributed by atoms with Gasteiger partial charge >= 0.3 is 0 Å². The van der Waals surface area contributed by atoms with Crippen LogP contribution in [0, 0.1) is 0 Å². The van der Waals surface area contributed by atoms with Crippen molar-refractivity contribution in [1.82, 2.24) is 10.6 Å². The normalized spacial score (nSPS) is 26.6. The molecule has 6 rings (SSSR count). The molecule has 0 aromatic heterocycles. The van der Waals surface area contributed by atoms with Gasteiger partial charge in [-0.15, -0.1) is 0 Å². The average molecular weight is 573 g/mol.